The van der Waals surface area contributed by atoms with Crippen molar-refractivity contribution in [2.75, 3.05) is 25.0 Å². The third kappa shape index (κ3) is 3.95. The molecule has 118 valence electrons. The number of hydrogen-bond donors (Lipinski definition) is 1. The zero-order chi connectivity index (χ0) is 15.5. The molecule has 1 aromatic rings. The number of pyridine rings is 1. The van der Waals surface area contributed by atoms with Gasteiger partial charge in [-0.3, -0.25) is 0 Å². The second kappa shape index (κ2) is 6.75. The summed E-state index contributed by atoms with van der Waals surface area (Å²) in [6.07, 6.45) is 3.55. The number of anilines is 1. The Labute approximate surface area is 127 Å². The van der Waals surface area contributed by atoms with E-state index in [-0.39, 0.29) is 4.90 Å². The van der Waals surface area contributed by atoms with E-state index in [0.717, 1.165) is 25.2 Å². The monoisotopic (exact) mass is 311 g/mol. The average molecular weight is 311 g/mol. The Balaban J connectivity index is 2.15. The van der Waals surface area contributed by atoms with Gasteiger partial charge in [-0.05, 0) is 36.8 Å². The summed E-state index contributed by atoms with van der Waals surface area (Å²) in [6.45, 7) is 8.32. The van der Waals surface area contributed by atoms with Gasteiger partial charge in [-0.25, -0.2) is 13.4 Å². The van der Waals surface area contributed by atoms with Crippen molar-refractivity contribution in [1.29, 1.82) is 0 Å². The summed E-state index contributed by atoms with van der Waals surface area (Å²) < 4.78 is 26.9. The van der Waals surface area contributed by atoms with Crippen LogP contribution in [0.25, 0.3) is 0 Å². The SMILES string of the molecule is CCCNc1ccc(S(=O)(=O)N2CC(C)CC(C)C2)cn1. The molecule has 2 heterocycles. The van der Waals surface area contributed by atoms with Gasteiger partial charge in [0.2, 0.25) is 10.0 Å². The number of piperidine rings is 1. The van der Waals surface area contributed by atoms with Gasteiger partial charge in [0.1, 0.15) is 10.7 Å². The first-order valence-corrected chi connectivity index (χ1v) is 9.07. The molecule has 0 saturated carbocycles. The van der Waals surface area contributed by atoms with E-state index in [4.69, 9.17) is 0 Å². The highest BCUT2D eigenvalue weighted by molar-refractivity contribution is 7.89. The molecule has 1 aromatic heterocycles. The zero-order valence-electron chi connectivity index (χ0n) is 13.0. The topological polar surface area (TPSA) is 62.3 Å². The second-order valence-electron chi connectivity index (χ2n) is 6.07. The standard InChI is InChI=1S/C15H25N3O2S/c1-4-7-16-15-6-5-14(9-17-15)21(19,20)18-10-12(2)8-13(3)11-18/h5-6,9,12-13H,4,7-8,10-11H2,1-3H3,(H,16,17). The van der Waals surface area contributed by atoms with Crippen molar-refractivity contribution in [3.63, 3.8) is 0 Å². The van der Waals surface area contributed by atoms with E-state index in [9.17, 15) is 8.42 Å². The lowest BCUT2D eigenvalue weighted by atomic mass is 9.94. The maximum Gasteiger partial charge on any atom is 0.244 e. The minimum absolute atomic E-state index is 0.283. The van der Waals surface area contributed by atoms with E-state index in [1.54, 1.807) is 16.4 Å². The van der Waals surface area contributed by atoms with Gasteiger partial charge >= 0.3 is 0 Å². The summed E-state index contributed by atoms with van der Waals surface area (Å²) >= 11 is 0. The molecule has 1 aliphatic heterocycles. The van der Waals surface area contributed by atoms with Crippen LogP contribution in [0.5, 0.6) is 0 Å². The fourth-order valence-electron chi connectivity index (χ4n) is 2.84. The minimum atomic E-state index is -3.42. The summed E-state index contributed by atoms with van der Waals surface area (Å²) in [6, 6.07) is 3.38. The number of hydrogen-bond acceptors (Lipinski definition) is 4. The average Bonchev–Trinajstić information content (AvgIpc) is 2.44. The molecule has 0 spiro atoms. The first-order valence-electron chi connectivity index (χ1n) is 7.63. The quantitative estimate of drug-likeness (QED) is 0.908. The lowest BCUT2D eigenvalue weighted by molar-refractivity contribution is 0.222. The molecule has 1 N–H and O–H groups in total. The Morgan fingerprint density at radius 1 is 1.29 bits per heavy atom. The molecule has 21 heavy (non-hydrogen) atoms. The summed E-state index contributed by atoms with van der Waals surface area (Å²) in [5.41, 5.74) is 0. The van der Waals surface area contributed by atoms with Crippen molar-refractivity contribution in [2.24, 2.45) is 11.8 Å². The maximum atomic E-state index is 12.7. The van der Waals surface area contributed by atoms with Gasteiger partial charge in [0.15, 0.2) is 0 Å². The van der Waals surface area contributed by atoms with E-state index >= 15 is 0 Å². The molecule has 0 radical (unpaired) electrons. The number of aromatic nitrogens is 1. The molecular weight excluding hydrogens is 286 g/mol. The Bertz CT molecular complexity index is 547. The molecule has 0 aliphatic carbocycles. The Morgan fingerprint density at radius 2 is 1.95 bits per heavy atom. The van der Waals surface area contributed by atoms with Crippen LogP contribution < -0.4 is 5.32 Å². The first kappa shape index (κ1) is 16.2. The summed E-state index contributed by atoms with van der Waals surface area (Å²) in [4.78, 5) is 4.48. The first-order chi connectivity index (χ1) is 9.93. The van der Waals surface area contributed by atoms with E-state index < -0.39 is 10.0 Å². The summed E-state index contributed by atoms with van der Waals surface area (Å²) in [5.74, 6) is 1.53. The van der Waals surface area contributed by atoms with Gasteiger partial charge in [-0.1, -0.05) is 20.8 Å². The van der Waals surface area contributed by atoms with E-state index in [1.807, 2.05) is 0 Å². The van der Waals surface area contributed by atoms with Crippen molar-refractivity contribution in [1.82, 2.24) is 9.29 Å². The lowest BCUT2D eigenvalue weighted by Gasteiger charge is -2.33. The van der Waals surface area contributed by atoms with Gasteiger partial charge in [0.25, 0.3) is 0 Å². The molecule has 1 saturated heterocycles. The van der Waals surface area contributed by atoms with Crippen LogP contribution in [0.1, 0.15) is 33.6 Å². The van der Waals surface area contributed by atoms with Crippen molar-refractivity contribution >= 4 is 15.8 Å². The molecule has 1 fully saturated rings. The molecular formula is C15H25N3O2S. The molecule has 0 bridgehead atoms. The molecule has 2 rings (SSSR count). The third-order valence-electron chi connectivity index (χ3n) is 3.77. The highest BCUT2D eigenvalue weighted by atomic mass is 32.2. The number of rotatable bonds is 5. The maximum absolute atomic E-state index is 12.7. The van der Waals surface area contributed by atoms with Crippen LogP contribution in [0.15, 0.2) is 23.2 Å². The second-order valence-corrected chi connectivity index (χ2v) is 8.01. The van der Waals surface area contributed by atoms with Gasteiger partial charge in [0, 0.05) is 25.8 Å². The summed E-state index contributed by atoms with van der Waals surface area (Å²) in [7, 11) is -3.42. The minimum Gasteiger partial charge on any atom is -0.370 e. The fraction of sp³-hybridized carbons (Fsp3) is 0.667. The predicted molar refractivity (Wildman–Crippen MR) is 84.7 cm³/mol. The van der Waals surface area contributed by atoms with Crippen molar-refractivity contribution < 1.29 is 8.42 Å². The van der Waals surface area contributed by atoms with Crippen molar-refractivity contribution in [3.8, 4) is 0 Å². The summed E-state index contributed by atoms with van der Waals surface area (Å²) in [5, 5.41) is 3.15. The third-order valence-corrected chi connectivity index (χ3v) is 5.58. The molecule has 6 heteroatoms. The van der Waals surface area contributed by atoms with Crippen LogP contribution in [-0.4, -0.2) is 37.3 Å². The van der Waals surface area contributed by atoms with Crippen LogP contribution in [0.4, 0.5) is 5.82 Å². The largest absolute Gasteiger partial charge is 0.370 e. The van der Waals surface area contributed by atoms with E-state index in [1.165, 1.54) is 6.20 Å². The molecule has 5 nitrogen and oxygen atoms in total. The zero-order valence-corrected chi connectivity index (χ0v) is 13.9. The highest BCUT2D eigenvalue weighted by Gasteiger charge is 2.31. The van der Waals surface area contributed by atoms with Gasteiger partial charge in [-0.15, -0.1) is 0 Å². The lowest BCUT2D eigenvalue weighted by Crippen LogP contribution is -2.42. The molecule has 2 atom stereocenters. The molecule has 0 amide bonds. The van der Waals surface area contributed by atoms with Crippen LogP contribution in [0.2, 0.25) is 0 Å². The molecule has 1 aliphatic rings. The van der Waals surface area contributed by atoms with Gasteiger partial charge < -0.3 is 5.32 Å². The normalized spacial score (nSPS) is 24.0. The highest BCUT2D eigenvalue weighted by Crippen LogP contribution is 2.26. The number of sulfonamides is 1. The number of nitrogens with zero attached hydrogens (tertiary/aromatic N) is 2. The molecule has 2 unspecified atom stereocenters. The fourth-order valence-corrected chi connectivity index (χ4v) is 4.47. The number of nitrogens with one attached hydrogen (secondary N) is 1. The van der Waals surface area contributed by atoms with Crippen molar-refractivity contribution in [2.45, 2.75) is 38.5 Å². The Morgan fingerprint density at radius 3 is 2.48 bits per heavy atom. The van der Waals surface area contributed by atoms with E-state index in [0.29, 0.717) is 24.9 Å². The van der Waals surface area contributed by atoms with Crippen LogP contribution in [0.3, 0.4) is 0 Å². The van der Waals surface area contributed by atoms with E-state index in [2.05, 4.69) is 31.1 Å². The van der Waals surface area contributed by atoms with Crippen LogP contribution in [0, 0.1) is 11.8 Å². The van der Waals surface area contributed by atoms with Gasteiger partial charge in [0.05, 0.1) is 0 Å². The Hall–Kier alpha value is -1.14. The predicted octanol–water partition coefficient (Wildman–Crippen LogP) is 2.57. The molecule has 0 aromatic carbocycles. The Kier molecular flexibility index (Phi) is 5.22. The smallest absolute Gasteiger partial charge is 0.244 e. The van der Waals surface area contributed by atoms with Crippen molar-refractivity contribution in [3.05, 3.63) is 18.3 Å². The van der Waals surface area contributed by atoms with Crippen LogP contribution >= 0.6 is 0 Å². The van der Waals surface area contributed by atoms with Gasteiger partial charge in [-0.2, -0.15) is 4.31 Å². The van der Waals surface area contributed by atoms with Crippen LogP contribution in [-0.2, 0) is 10.0 Å².